The van der Waals surface area contributed by atoms with Crippen LogP contribution in [0.4, 0.5) is 5.69 Å². The summed E-state index contributed by atoms with van der Waals surface area (Å²) >= 11 is 0. The van der Waals surface area contributed by atoms with Crippen LogP contribution in [0.5, 0.6) is 0 Å². The van der Waals surface area contributed by atoms with Crippen LogP contribution in [0.3, 0.4) is 0 Å². The molecule has 0 bridgehead atoms. The predicted molar refractivity (Wildman–Crippen MR) is 121 cm³/mol. The Labute approximate surface area is 186 Å². The van der Waals surface area contributed by atoms with Gasteiger partial charge in [-0.05, 0) is 62.6 Å². The second kappa shape index (κ2) is 8.04. The van der Waals surface area contributed by atoms with Gasteiger partial charge in [0.05, 0.1) is 17.8 Å². The highest BCUT2D eigenvalue weighted by molar-refractivity contribution is 6.09. The van der Waals surface area contributed by atoms with Gasteiger partial charge in [0.2, 0.25) is 0 Å². The van der Waals surface area contributed by atoms with Crippen LogP contribution in [-0.2, 0) is 9.59 Å². The molecule has 0 saturated carbocycles. The molecule has 1 aliphatic carbocycles. The van der Waals surface area contributed by atoms with Gasteiger partial charge in [0.25, 0.3) is 5.91 Å². The molecule has 0 spiro atoms. The van der Waals surface area contributed by atoms with E-state index < -0.39 is 5.92 Å². The van der Waals surface area contributed by atoms with Gasteiger partial charge < -0.3 is 19.5 Å². The van der Waals surface area contributed by atoms with E-state index in [4.69, 9.17) is 8.83 Å². The quantitative estimate of drug-likeness (QED) is 0.577. The van der Waals surface area contributed by atoms with Crippen LogP contribution >= 0.6 is 0 Å². The topological polar surface area (TPSA) is 84.5 Å². The van der Waals surface area contributed by atoms with Crippen molar-refractivity contribution >= 4 is 17.4 Å². The second-order valence-corrected chi connectivity index (χ2v) is 8.21. The number of hydrogen-bond donors (Lipinski definition) is 2. The first-order valence-electron chi connectivity index (χ1n) is 10.8. The molecule has 6 nitrogen and oxygen atoms in total. The lowest BCUT2D eigenvalue weighted by Crippen LogP contribution is -2.35. The van der Waals surface area contributed by atoms with Gasteiger partial charge in [-0.25, -0.2) is 0 Å². The Bertz CT molecular complexity index is 1260. The number of anilines is 1. The van der Waals surface area contributed by atoms with Crippen LogP contribution in [0, 0.1) is 6.92 Å². The van der Waals surface area contributed by atoms with E-state index in [1.165, 1.54) is 0 Å². The zero-order valence-electron chi connectivity index (χ0n) is 18.0. The van der Waals surface area contributed by atoms with E-state index in [2.05, 4.69) is 10.6 Å². The first kappa shape index (κ1) is 20.1. The van der Waals surface area contributed by atoms with E-state index in [1.807, 2.05) is 56.3 Å². The van der Waals surface area contributed by atoms with Crippen LogP contribution in [0.2, 0.25) is 0 Å². The molecule has 0 radical (unpaired) electrons. The molecule has 1 atom stereocenters. The number of carbonyl (C=O) groups excluding carboxylic acids is 2. The molecule has 5 rings (SSSR count). The molecule has 32 heavy (non-hydrogen) atoms. The third-order valence-corrected chi connectivity index (χ3v) is 6.09. The summed E-state index contributed by atoms with van der Waals surface area (Å²) in [6.45, 7) is 3.82. The number of nitrogens with one attached hydrogen (secondary N) is 2. The third-order valence-electron chi connectivity index (χ3n) is 6.09. The van der Waals surface area contributed by atoms with Crippen LogP contribution in [0.25, 0.3) is 11.5 Å². The summed E-state index contributed by atoms with van der Waals surface area (Å²) in [5, 5.41) is 6.36. The highest BCUT2D eigenvalue weighted by Crippen LogP contribution is 2.43. The van der Waals surface area contributed by atoms with Gasteiger partial charge in [0.1, 0.15) is 5.76 Å². The molecule has 3 aromatic rings. The molecule has 162 valence electrons. The maximum absolute atomic E-state index is 13.5. The van der Waals surface area contributed by atoms with Crippen molar-refractivity contribution in [2.75, 3.05) is 5.32 Å². The third kappa shape index (κ3) is 3.47. The van der Waals surface area contributed by atoms with E-state index in [0.717, 1.165) is 35.5 Å². The molecule has 1 amide bonds. The normalized spacial score (nSPS) is 18.4. The highest BCUT2D eigenvalue weighted by atomic mass is 16.4. The maximum Gasteiger partial charge on any atom is 0.254 e. The number of hydrogen-bond acceptors (Lipinski definition) is 5. The first-order chi connectivity index (χ1) is 15.5. The molecule has 1 unspecified atom stereocenters. The van der Waals surface area contributed by atoms with E-state index >= 15 is 0 Å². The van der Waals surface area contributed by atoms with Gasteiger partial charge in [0, 0.05) is 29.1 Å². The zero-order valence-corrected chi connectivity index (χ0v) is 18.0. The summed E-state index contributed by atoms with van der Waals surface area (Å²) in [6.07, 6.45) is 3.62. The Morgan fingerprint density at radius 3 is 2.66 bits per heavy atom. The minimum absolute atomic E-state index is 0.0494. The second-order valence-electron chi connectivity index (χ2n) is 8.21. The van der Waals surface area contributed by atoms with Crippen molar-refractivity contribution in [3.8, 4) is 11.5 Å². The Morgan fingerprint density at radius 1 is 1.03 bits per heavy atom. The fraction of sp³-hybridized carbons (Fsp3) is 0.231. The Hall–Kier alpha value is -3.80. The number of dihydropyridines is 1. The molecule has 2 N–H and O–H groups in total. The Morgan fingerprint density at radius 2 is 1.88 bits per heavy atom. The van der Waals surface area contributed by atoms with Crippen molar-refractivity contribution in [3.63, 3.8) is 0 Å². The lowest BCUT2D eigenvalue weighted by Gasteiger charge is -2.33. The van der Waals surface area contributed by atoms with E-state index in [-0.39, 0.29) is 11.7 Å². The van der Waals surface area contributed by atoms with Gasteiger partial charge in [-0.3, -0.25) is 9.59 Å². The van der Waals surface area contributed by atoms with Gasteiger partial charge in [-0.15, -0.1) is 0 Å². The number of para-hydroxylation sites is 1. The molecular formula is C26H24N2O4. The standard InChI is InChI=1S/C26H24N2O4/c1-15-7-3-4-8-17(15)28-26(30)23-16(2)27-18-9-5-10-19(29)24(18)25(23)22-13-12-21(32-22)20-11-6-14-31-20/h3-4,6-8,11-14,25,27H,5,9-10H2,1-2H3,(H,28,30). The van der Waals surface area contributed by atoms with Crippen molar-refractivity contribution in [1.82, 2.24) is 5.32 Å². The zero-order chi connectivity index (χ0) is 22.2. The molecule has 1 aliphatic heterocycles. The summed E-state index contributed by atoms with van der Waals surface area (Å²) < 4.78 is 11.6. The number of benzene rings is 1. The number of ketones is 1. The molecular weight excluding hydrogens is 404 g/mol. The van der Waals surface area contributed by atoms with Crippen LogP contribution in [0.15, 0.2) is 86.2 Å². The van der Waals surface area contributed by atoms with E-state index in [1.54, 1.807) is 12.3 Å². The van der Waals surface area contributed by atoms with Gasteiger partial charge in [0.15, 0.2) is 17.3 Å². The van der Waals surface area contributed by atoms with E-state index in [9.17, 15) is 9.59 Å². The van der Waals surface area contributed by atoms with Crippen molar-refractivity contribution in [2.24, 2.45) is 0 Å². The average Bonchev–Trinajstić information content (AvgIpc) is 3.46. The van der Waals surface area contributed by atoms with Crippen LogP contribution in [-0.4, -0.2) is 11.7 Å². The minimum atomic E-state index is -0.577. The Balaban J connectivity index is 1.59. The lowest BCUT2D eigenvalue weighted by atomic mass is 9.77. The highest BCUT2D eigenvalue weighted by Gasteiger charge is 2.40. The molecule has 1 aromatic carbocycles. The summed E-state index contributed by atoms with van der Waals surface area (Å²) in [4.78, 5) is 26.6. The van der Waals surface area contributed by atoms with Gasteiger partial charge in [-0.2, -0.15) is 0 Å². The molecule has 0 fully saturated rings. The molecule has 6 heteroatoms. The van der Waals surface area contributed by atoms with Crippen molar-refractivity contribution in [3.05, 3.63) is 88.7 Å². The van der Waals surface area contributed by atoms with Gasteiger partial charge in [-0.1, -0.05) is 18.2 Å². The summed E-state index contributed by atoms with van der Waals surface area (Å²) in [7, 11) is 0. The first-order valence-corrected chi connectivity index (χ1v) is 10.8. The summed E-state index contributed by atoms with van der Waals surface area (Å²) in [5.74, 6) is 0.927. The number of aryl methyl sites for hydroxylation is 1. The minimum Gasteiger partial charge on any atom is -0.461 e. The monoisotopic (exact) mass is 428 g/mol. The maximum atomic E-state index is 13.5. The van der Waals surface area contributed by atoms with E-state index in [0.29, 0.717) is 34.8 Å². The molecule has 2 aliphatic rings. The van der Waals surface area contributed by atoms with Crippen molar-refractivity contribution in [1.29, 1.82) is 0 Å². The van der Waals surface area contributed by atoms with Crippen molar-refractivity contribution in [2.45, 2.75) is 39.0 Å². The molecule has 2 aromatic heterocycles. The fourth-order valence-corrected chi connectivity index (χ4v) is 4.53. The average molecular weight is 428 g/mol. The SMILES string of the molecule is CC1=C(C(=O)Nc2ccccc2C)C(c2ccc(-c3ccco3)o2)C2=C(CCCC2=O)N1. The molecule has 3 heterocycles. The van der Waals surface area contributed by atoms with Gasteiger partial charge >= 0.3 is 0 Å². The number of furan rings is 2. The Kier molecular flexibility index (Phi) is 5.05. The summed E-state index contributed by atoms with van der Waals surface area (Å²) in [5.41, 5.74) is 4.42. The van der Waals surface area contributed by atoms with Crippen LogP contribution < -0.4 is 10.6 Å². The number of allylic oxidation sites excluding steroid dienone is 3. The molecule has 0 saturated heterocycles. The smallest absolute Gasteiger partial charge is 0.254 e. The number of carbonyl (C=O) groups is 2. The number of amides is 1. The largest absolute Gasteiger partial charge is 0.461 e. The fourth-order valence-electron chi connectivity index (χ4n) is 4.53. The summed E-state index contributed by atoms with van der Waals surface area (Å²) in [6, 6.07) is 14.9. The lowest BCUT2D eigenvalue weighted by molar-refractivity contribution is -0.116. The number of Topliss-reactive ketones (excluding diaryl/α,β-unsaturated/α-hetero) is 1. The number of rotatable bonds is 4. The van der Waals surface area contributed by atoms with Crippen molar-refractivity contribution < 1.29 is 18.4 Å². The van der Waals surface area contributed by atoms with Crippen LogP contribution in [0.1, 0.15) is 43.4 Å². The predicted octanol–water partition coefficient (Wildman–Crippen LogP) is 5.45.